The summed E-state index contributed by atoms with van der Waals surface area (Å²) in [6.45, 7) is 1.62. The number of benzene rings is 1. The van der Waals surface area contributed by atoms with Gasteiger partial charge in [-0.15, -0.1) is 0 Å². The summed E-state index contributed by atoms with van der Waals surface area (Å²) in [5, 5.41) is 2.95. The number of amides is 2. The lowest BCUT2D eigenvalue weighted by atomic mass is 10.0. The molecule has 2 amide bonds. The zero-order valence-electron chi connectivity index (χ0n) is 10.9. The number of hydrogen-bond donors (Lipinski definition) is 1. The fraction of sp³-hybridized carbons (Fsp3) is 0.429. The van der Waals surface area contributed by atoms with E-state index in [1.54, 1.807) is 6.92 Å². The minimum atomic E-state index is -0.671. The molecule has 1 saturated heterocycles. The Bertz CT molecular complexity index is 568. The van der Waals surface area contributed by atoms with Crippen LogP contribution in [0.2, 0.25) is 5.02 Å². The maximum absolute atomic E-state index is 13.5. The van der Waals surface area contributed by atoms with Gasteiger partial charge in [-0.05, 0) is 43.9 Å². The van der Waals surface area contributed by atoms with Gasteiger partial charge >= 0.3 is 0 Å². The number of anilines is 1. The highest BCUT2D eigenvalue weighted by Crippen LogP contribution is 2.36. The summed E-state index contributed by atoms with van der Waals surface area (Å²) < 4.78 is 13.5. The van der Waals surface area contributed by atoms with E-state index in [-0.39, 0.29) is 22.8 Å². The van der Waals surface area contributed by atoms with Crippen LogP contribution in [0.5, 0.6) is 0 Å². The Hall–Kier alpha value is -1.62. The van der Waals surface area contributed by atoms with Crippen molar-refractivity contribution >= 4 is 29.1 Å². The summed E-state index contributed by atoms with van der Waals surface area (Å²) in [6, 6.07) is 2.73. The molecule has 1 N–H and O–H groups in total. The van der Waals surface area contributed by atoms with Crippen molar-refractivity contribution in [1.82, 2.24) is 5.32 Å². The summed E-state index contributed by atoms with van der Waals surface area (Å²) in [5.74, 6) is -0.741. The van der Waals surface area contributed by atoms with Crippen LogP contribution in [0.1, 0.15) is 19.8 Å². The number of halogens is 2. The van der Waals surface area contributed by atoms with Crippen molar-refractivity contribution in [2.75, 3.05) is 4.90 Å². The van der Waals surface area contributed by atoms with Crippen molar-refractivity contribution in [3.8, 4) is 0 Å². The normalized spacial score (nSPS) is 26.6. The molecule has 0 bridgehead atoms. The molecule has 20 heavy (non-hydrogen) atoms. The van der Waals surface area contributed by atoms with E-state index in [0.29, 0.717) is 5.69 Å². The van der Waals surface area contributed by atoms with E-state index in [4.69, 9.17) is 11.6 Å². The maximum atomic E-state index is 13.5. The monoisotopic (exact) mass is 296 g/mol. The molecule has 1 aromatic rings. The Morgan fingerprint density at radius 1 is 1.30 bits per heavy atom. The summed E-state index contributed by atoms with van der Waals surface area (Å²) in [4.78, 5) is 25.9. The highest BCUT2D eigenvalue weighted by molar-refractivity contribution is 6.31. The van der Waals surface area contributed by atoms with Crippen molar-refractivity contribution in [3.05, 3.63) is 29.0 Å². The summed E-state index contributed by atoms with van der Waals surface area (Å²) >= 11 is 5.83. The minimum Gasteiger partial charge on any atom is -0.342 e. The molecule has 2 fully saturated rings. The summed E-state index contributed by atoms with van der Waals surface area (Å²) in [5.41, 5.74) is 0.327. The van der Waals surface area contributed by atoms with E-state index in [2.05, 4.69) is 5.32 Å². The van der Waals surface area contributed by atoms with Gasteiger partial charge in [0, 0.05) is 10.7 Å². The Morgan fingerprint density at radius 2 is 2.00 bits per heavy atom. The van der Waals surface area contributed by atoms with Gasteiger partial charge in [-0.2, -0.15) is 0 Å². The second-order valence-electron chi connectivity index (χ2n) is 5.34. The molecule has 106 valence electrons. The van der Waals surface area contributed by atoms with E-state index >= 15 is 0 Å². The van der Waals surface area contributed by atoms with Gasteiger partial charge in [-0.1, -0.05) is 11.6 Å². The molecule has 1 aromatic carbocycles. The lowest BCUT2D eigenvalue weighted by molar-refractivity contribution is -0.134. The lowest BCUT2D eigenvalue weighted by Gasteiger charge is -2.37. The average Bonchev–Trinajstić information content (AvgIpc) is 3.17. The molecule has 6 heteroatoms. The van der Waals surface area contributed by atoms with Gasteiger partial charge in [-0.3, -0.25) is 14.5 Å². The first-order chi connectivity index (χ1) is 9.47. The van der Waals surface area contributed by atoms with E-state index in [1.807, 2.05) is 0 Å². The third-order valence-electron chi connectivity index (χ3n) is 3.79. The van der Waals surface area contributed by atoms with Crippen LogP contribution in [0, 0.1) is 11.7 Å². The predicted molar refractivity (Wildman–Crippen MR) is 73.0 cm³/mol. The largest absolute Gasteiger partial charge is 0.342 e. The van der Waals surface area contributed by atoms with Gasteiger partial charge in [0.25, 0.3) is 5.91 Å². The minimum absolute atomic E-state index is 0.193. The number of carbonyl (C=O) groups excluding carboxylic acids is 2. The molecule has 2 aliphatic rings. The third kappa shape index (κ3) is 2.26. The van der Waals surface area contributed by atoms with Crippen LogP contribution in [0.4, 0.5) is 10.1 Å². The SMILES string of the molecule is CC1C(=O)NC(C2CC2)C(=O)N1c1cc(F)cc(Cl)c1. The first kappa shape index (κ1) is 13.4. The van der Waals surface area contributed by atoms with Crippen LogP contribution >= 0.6 is 11.6 Å². The van der Waals surface area contributed by atoms with Crippen molar-refractivity contribution in [2.45, 2.75) is 31.8 Å². The molecule has 2 unspecified atom stereocenters. The summed E-state index contributed by atoms with van der Waals surface area (Å²) in [6.07, 6.45) is 1.87. The van der Waals surface area contributed by atoms with Gasteiger partial charge in [-0.25, -0.2) is 4.39 Å². The number of nitrogens with zero attached hydrogens (tertiary/aromatic N) is 1. The molecule has 1 heterocycles. The Kier molecular flexibility index (Phi) is 3.17. The van der Waals surface area contributed by atoms with Crippen LogP contribution in [-0.2, 0) is 9.59 Å². The number of rotatable bonds is 2. The van der Waals surface area contributed by atoms with Crippen molar-refractivity contribution in [2.24, 2.45) is 5.92 Å². The van der Waals surface area contributed by atoms with Crippen LogP contribution < -0.4 is 10.2 Å². The molecule has 1 aliphatic carbocycles. The number of nitrogens with one attached hydrogen (secondary N) is 1. The third-order valence-corrected chi connectivity index (χ3v) is 4.01. The van der Waals surface area contributed by atoms with Gasteiger partial charge in [0.2, 0.25) is 5.91 Å². The van der Waals surface area contributed by atoms with Crippen molar-refractivity contribution in [1.29, 1.82) is 0 Å². The number of piperazine rings is 1. The van der Waals surface area contributed by atoms with E-state index < -0.39 is 17.9 Å². The van der Waals surface area contributed by atoms with Crippen LogP contribution in [0.3, 0.4) is 0 Å². The standard InChI is InChI=1S/C14H14ClFN2O2/c1-7-13(19)17-12(8-2-3-8)14(20)18(7)11-5-9(15)4-10(16)6-11/h4-8,12H,2-3H2,1H3,(H,17,19). The fourth-order valence-electron chi connectivity index (χ4n) is 2.57. The first-order valence-corrected chi connectivity index (χ1v) is 6.94. The number of carbonyl (C=O) groups is 2. The lowest BCUT2D eigenvalue weighted by Crippen LogP contribution is -2.63. The molecule has 2 atom stereocenters. The van der Waals surface area contributed by atoms with Gasteiger partial charge < -0.3 is 5.32 Å². The van der Waals surface area contributed by atoms with Gasteiger partial charge in [0.15, 0.2) is 0 Å². The quantitative estimate of drug-likeness (QED) is 0.909. The molecule has 1 saturated carbocycles. The second kappa shape index (κ2) is 4.74. The van der Waals surface area contributed by atoms with Gasteiger partial charge in [0.05, 0.1) is 0 Å². The van der Waals surface area contributed by atoms with Crippen molar-refractivity contribution < 1.29 is 14.0 Å². The number of hydrogen-bond acceptors (Lipinski definition) is 2. The smallest absolute Gasteiger partial charge is 0.250 e. The predicted octanol–water partition coefficient (Wildman–Crippen LogP) is 2.11. The Balaban J connectivity index is 1.99. The Labute approximate surface area is 120 Å². The highest BCUT2D eigenvalue weighted by Gasteiger charge is 2.46. The summed E-state index contributed by atoms with van der Waals surface area (Å²) in [7, 11) is 0. The second-order valence-corrected chi connectivity index (χ2v) is 5.77. The topological polar surface area (TPSA) is 49.4 Å². The fourth-order valence-corrected chi connectivity index (χ4v) is 2.79. The molecule has 4 nitrogen and oxygen atoms in total. The molecule has 1 aliphatic heterocycles. The first-order valence-electron chi connectivity index (χ1n) is 6.57. The van der Waals surface area contributed by atoms with Crippen LogP contribution in [0.25, 0.3) is 0 Å². The molecule has 0 spiro atoms. The maximum Gasteiger partial charge on any atom is 0.250 e. The molecular formula is C14H14ClFN2O2. The molecule has 0 aromatic heterocycles. The molecular weight excluding hydrogens is 283 g/mol. The van der Waals surface area contributed by atoms with Crippen molar-refractivity contribution in [3.63, 3.8) is 0 Å². The van der Waals surface area contributed by atoms with E-state index in [0.717, 1.165) is 12.8 Å². The Morgan fingerprint density at radius 3 is 2.60 bits per heavy atom. The van der Waals surface area contributed by atoms with E-state index in [1.165, 1.54) is 23.1 Å². The van der Waals surface area contributed by atoms with E-state index in [9.17, 15) is 14.0 Å². The zero-order valence-corrected chi connectivity index (χ0v) is 11.7. The zero-order chi connectivity index (χ0) is 14.4. The molecule has 0 radical (unpaired) electrons. The average molecular weight is 297 g/mol. The molecule has 3 rings (SSSR count). The van der Waals surface area contributed by atoms with Crippen LogP contribution in [0.15, 0.2) is 18.2 Å². The van der Waals surface area contributed by atoms with Crippen LogP contribution in [-0.4, -0.2) is 23.9 Å². The highest BCUT2D eigenvalue weighted by atomic mass is 35.5. The van der Waals surface area contributed by atoms with Gasteiger partial charge in [0.1, 0.15) is 17.9 Å².